The van der Waals surface area contributed by atoms with Crippen molar-refractivity contribution >= 4 is 11.6 Å². The Morgan fingerprint density at radius 1 is 1.28 bits per heavy atom. The standard InChI is InChI=1S/C13H19ClO4/c1-3-17-5-4-6-18-13-11(14)7-10(9-15)8-12(13)16-2/h7-8,15H,3-6,9H2,1-2H3. The number of rotatable bonds is 8. The monoisotopic (exact) mass is 274 g/mol. The Kier molecular flexibility index (Phi) is 6.86. The zero-order valence-corrected chi connectivity index (χ0v) is 11.5. The average Bonchev–Trinajstić information content (AvgIpc) is 2.39. The molecule has 0 atom stereocenters. The molecule has 1 aromatic carbocycles. The molecule has 0 amide bonds. The van der Waals surface area contributed by atoms with E-state index in [1.165, 1.54) is 0 Å². The zero-order valence-electron chi connectivity index (χ0n) is 10.7. The number of ether oxygens (including phenoxy) is 3. The van der Waals surface area contributed by atoms with Gasteiger partial charge in [-0.2, -0.15) is 0 Å². The van der Waals surface area contributed by atoms with Crippen LogP contribution in [0.4, 0.5) is 0 Å². The van der Waals surface area contributed by atoms with Crippen LogP contribution in [0.3, 0.4) is 0 Å². The fraction of sp³-hybridized carbons (Fsp3) is 0.538. The van der Waals surface area contributed by atoms with E-state index in [1.807, 2.05) is 6.92 Å². The van der Waals surface area contributed by atoms with Crippen molar-refractivity contribution in [1.29, 1.82) is 0 Å². The van der Waals surface area contributed by atoms with E-state index in [0.29, 0.717) is 41.9 Å². The van der Waals surface area contributed by atoms with Gasteiger partial charge in [0.05, 0.1) is 25.3 Å². The molecule has 0 radical (unpaired) electrons. The molecule has 0 heterocycles. The average molecular weight is 275 g/mol. The van der Waals surface area contributed by atoms with Crippen LogP contribution in [0.5, 0.6) is 11.5 Å². The molecule has 0 spiro atoms. The molecule has 0 aromatic heterocycles. The minimum atomic E-state index is -0.0826. The lowest BCUT2D eigenvalue weighted by Crippen LogP contribution is -2.04. The van der Waals surface area contributed by atoms with E-state index in [-0.39, 0.29) is 6.61 Å². The van der Waals surface area contributed by atoms with Gasteiger partial charge >= 0.3 is 0 Å². The number of benzene rings is 1. The van der Waals surface area contributed by atoms with Crippen LogP contribution in [0, 0.1) is 0 Å². The highest BCUT2D eigenvalue weighted by Gasteiger charge is 2.11. The van der Waals surface area contributed by atoms with Crippen LogP contribution < -0.4 is 9.47 Å². The van der Waals surface area contributed by atoms with Crippen LogP contribution in [-0.4, -0.2) is 32.0 Å². The van der Waals surface area contributed by atoms with Crippen LogP contribution >= 0.6 is 11.6 Å². The first-order valence-corrected chi connectivity index (χ1v) is 6.28. The molecule has 0 unspecified atom stereocenters. The second-order valence-corrected chi connectivity index (χ2v) is 4.07. The van der Waals surface area contributed by atoms with Gasteiger partial charge in [-0.15, -0.1) is 0 Å². The molecule has 0 saturated heterocycles. The maximum absolute atomic E-state index is 9.07. The van der Waals surface area contributed by atoms with Gasteiger partial charge in [-0.1, -0.05) is 11.6 Å². The van der Waals surface area contributed by atoms with Gasteiger partial charge in [0, 0.05) is 19.6 Å². The van der Waals surface area contributed by atoms with Gasteiger partial charge < -0.3 is 19.3 Å². The summed E-state index contributed by atoms with van der Waals surface area (Å²) in [5.74, 6) is 1.04. The molecule has 0 saturated carbocycles. The summed E-state index contributed by atoms with van der Waals surface area (Å²) in [5, 5.41) is 9.51. The quantitative estimate of drug-likeness (QED) is 0.741. The molecule has 1 aromatic rings. The topological polar surface area (TPSA) is 47.9 Å². The number of hydrogen-bond acceptors (Lipinski definition) is 4. The Hall–Kier alpha value is -0.970. The molecule has 0 fully saturated rings. The fourth-order valence-electron chi connectivity index (χ4n) is 1.48. The third-order valence-electron chi connectivity index (χ3n) is 2.36. The largest absolute Gasteiger partial charge is 0.493 e. The second kappa shape index (κ2) is 8.19. The van der Waals surface area contributed by atoms with Crippen LogP contribution in [-0.2, 0) is 11.3 Å². The SMILES string of the molecule is CCOCCCOc1c(Cl)cc(CO)cc1OC. The van der Waals surface area contributed by atoms with Crippen molar-refractivity contribution in [3.63, 3.8) is 0 Å². The molecule has 4 nitrogen and oxygen atoms in total. The molecule has 1 rings (SSSR count). The molecular weight excluding hydrogens is 256 g/mol. The summed E-state index contributed by atoms with van der Waals surface area (Å²) in [4.78, 5) is 0. The van der Waals surface area contributed by atoms with E-state index in [2.05, 4.69) is 0 Å². The second-order valence-electron chi connectivity index (χ2n) is 3.67. The van der Waals surface area contributed by atoms with Gasteiger partial charge in [0.1, 0.15) is 0 Å². The van der Waals surface area contributed by atoms with Crippen LogP contribution in [0.2, 0.25) is 5.02 Å². The Morgan fingerprint density at radius 3 is 2.67 bits per heavy atom. The minimum Gasteiger partial charge on any atom is -0.493 e. The molecule has 102 valence electrons. The smallest absolute Gasteiger partial charge is 0.179 e. The van der Waals surface area contributed by atoms with E-state index in [0.717, 1.165) is 6.42 Å². The normalized spacial score (nSPS) is 10.4. The van der Waals surface area contributed by atoms with Gasteiger partial charge in [-0.3, -0.25) is 0 Å². The summed E-state index contributed by atoms with van der Waals surface area (Å²) in [7, 11) is 1.54. The maximum Gasteiger partial charge on any atom is 0.179 e. The van der Waals surface area contributed by atoms with E-state index in [4.69, 9.17) is 30.9 Å². The summed E-state index contributed by atoms with van der Waals surface area (Å²) >= 11 is 6.08. The van der Waals surface area contributed by atoms with E-state index >= 15 is 0 Å². The van der Waals surface area contributed by atoms with Gasteiger partial charge in [0.15, 0.2) is 11.5 Å². The number of methoxy groups -OCH3 is 1. The van der Waals surface area contributed by atoms with Crippen molar-refractivity contribution in [3.05, 3.63) is 22.7 Å². The highest BCUT2D eigenvalue weighted by molar-refractivity contribution is 6.32. The highest BCUT2D eigenvalue weighted by atomic mass is 35.5. The van der Waals surface area contributed by atoms with Gasteiger partial charge in [-0.05, 0) is 24.6 Å². The predicted molar refractivity (Wildman–Crippen MR) is 70.5 cm³/mol. The van der Waals surface area contributed by atoms with Crippen LogP contribution in [0.25, 0.3) is 0 Å². The first-order chi connectivity index (χ1) is 8.72. The summed E-state index contributed by atoms with van der Waals surface area (Å²) in [5.41, 5.74) is 0.693. The first kappa shape index (κ1) is 15.1. The molecule has 18 heavy (non-hydrogen) atoms. The molecule has 1 N–H and O–H groups in total. The number of aliphatic hydroxyl groups is 1. The fourth-order valence-corrected chi connectivity index (χ4v) is 1.77. The summed E-state index contributed by atoms with van der Waals surface area (Å²) < 4.78 is 16.0. The highest BCUT2D eigenvalue weighted by Crippen LogP contribution is 2.36. The van der Waals surface area contributed by atoms with Crippen LogP contribution in [0.15, 0.2) is 12.1 Å². The van der Waals surface area contributed by atoms with Crippen LogP contribution in [0.1, 0.15) is 18.9 Å². The van der Waals surface area contributed by atoms with Crippen molar-refractivity contribution in [3.8, 4) is 11.5 Å². The molecule has 0 aliphatic rings. The number of aliphatic hydroxyl groups excluding tert-OH is 1. The summed E-state index contributed by atoms with van der Waals surface area (Å²) in [6.07, 6.45) is 0.787. The Morgan fingerprint density at radius 2 is 2.06 bits per heavy atom. The third-order valence-corrected chi connectivity index (χ3v) is 2.64. The summed E-state index contributed by atoms with van der Waals surface area (Å²) in [6, 6.07) is 3.38. The lowest BCUT2D eigenvalue weighted by Gasteiger charge is -2.13. The van der Waals surface area contributed by atoms with Gasteiger partial charge in [0.2, 0.25) is 0 Å². The Balaban J connectivity index is 2.63. The van der Waals surface area contributed by atoms with E-state index in [9.17, 15) is 0 Å². The van der Waals surface area contributed by atoms with Gasteiger partial charge in [0.25, 0.3) is 0 Å². The number of halogens is 1. The van der Waals surface area contributed by atoms with E-state index < -0.39 is 0 Å². The molecule has 5 heteroatoms. The maximum atomic E-state index is 9.07. The van der Waals surface area contributed by atoms with Crippen molar-refractivity contribution in [2.24, 2.45) is 0 Å². The molecule has 0 aliphatic heterocycles. The first-order valence-electron chi connectivity index (χ1n) is 5.90. The Labute approximate surface area is 112 Å². The van der Waals surface area contributed by atoms with Crippen molar-refractivity contribution in [1.82, 2.24) is 0 Å². The van der Waals surface area contributed by atoms with E-state index in [1.54, 1.807) is 19.2 Å². The molecule has 0 bridgehead atoms. The van der Waals surface area contributed by atoms with Crippen molar-refractivity contribution < 1.29 is 19.3 Å². The van der Waals surface area contributed by atoms with Crippen molar-refractivity contribution in [2.75, 3.05) is 26.9 Å². The van der Waals surface area contributed by atoms with Crippen molar-refractivity contribution in [2.45, 2.75) is 20.0 Å². The summed E-state index contributed by atoms with van der Waals surface area (Å²) in [6.45, 7) is 3.74. The number of hydrogen-bond donors (Lipinski definition) is 1. The molecule has 0 aliphatic carbocycles. The zero-order chi connectivity index (χ0) is 13.4. The third kappa shape index (κ3) is 4.37. The lowest BCUT2D eigenvalue weighted by atomic mass is 10.2. The minimum absolute atomic E-state index is 0.0826. The van der Waals surface area contributed by atoms with Gasteiger partial charge in [-0.25, -0.2) is 0 Å². The Bertz CT molecular complexity index is 368. The lowest BCUT2D eigenvalue weighted by molar-refractivity contribution is 0.130. The molecular formula is C13H19ClO4. The predicted octanol–water partition coefficient (Wildman–Crippen LogP) is 2.65.